The molecule has 2 atom stereocenters. The van der Waals surface area contributed by atoms with Crippen molar-refractivity contribution >= 4 is 11.6 Å². The van der Waals surface area contributed by atoms with Crippen LogP contribution in [-0.4, -0.2) is 14.8 Å². The van der Waals surface area contributed by atoms with Gasteiger partial charge in [0.05, 0.1) is 5.70 Å². The highest BCUT2D eigenvalue weighted by Gasteiger charge is 2.41. The molecule has 3 aromatic carbocycles. The molecule has 31 heavy (non-hydrogen) atoms. The van der Waals surface area contributed by atoms with Crippen LogP contribution < -0.4 is 10.1 Å². The van der Waals surface area contributed by atoms with E-state index >= 15 is 4.39 Å². The molecule has 0 fully saturated rings. The number of hydrogen-bond acceptors (Lipinski definition) is 4. The average molecular weight is 410 g/mol. The van der Waals surface area contributed by atoms with Gasteiger partial charge in [0.2, 0.25) is 5.95 Å². The average Bonchev–Trinajstić information content (AvgIpc) is 3.26. The molecule has 0 aliphatic carbocycles. The molecule has 0 saturated heterocycles. The van der Waals surface area contributed by atoms with Crippen LogP contribution in [0.2, 0.25) is 0 Å². The van der Waals surface area contributed by atoms with Crippen molar-refractivity contribution in [3.63, 3.8) is 0 Å². The Labute approximate surface area is 178 Å². The predicted octanol–water partition coefficient (Wildman–Crippen LogP) is 5.29. The van der Waals surface area contributed by atoms with Crippen LogP contribution in [0.25, 0.3) is 5.70 Å². The molecule has 0 bridgehead atoms. The summed E-state index contributed by atoms with van der Waals surface area (Å²) < 4.78 is 23.4. The van der Waals surface area contributed by atoms with Gasteiger partial charge in [-0.25, -0.2) is 9.07 Å². The fourth-order valence-electron chi connectivity index (χ4n) is 4.55. The van der Waals surface area contributed by atoms with Gasteiger partial charge in [-0.2, -0.15) is 10.1 Å². The lowest BCUT2D eigenvalue weighted by atomic mass is 9.83. The molecule has 2 aliphatic rings. The molecule has 152 valence electrons. The minimum Gasteiger partial charge on any atom is -0.480 e. The number of aromatic nitrogens is 3. The Balaban J connectivity index is 1.67. The zero-order valence-corrected chi connectivity index (χ0v) is 16.8. The summed E-state index contributed by atoms with van der Waals surface area (Å²) in [6, 6.07) is 22.4. The number of nitrogens with zero attached hydrogens (tertiary/aromatic N) is 3. The normalized spacial score (nSPS) is 19.0. The fourth-order valence-corrected chi connectivity index (χ4v) is 4.55. The molecule has 4 aromatic rings. The van der Waals surface area contributed by atoms with Gasteiger partial charge >= 0.3 is 0 Å². The third kappa shape index (κ3) is 2.68. The van der Waals surface area contributed by atoms with Crippen molar-refractivity contribution in [2.24, 2.45) is 0 Å². The van der Waals surface area contributed by atoms with Gasteiger partial charge in [-0.1, -0.05) is 54.6 Å². The maximum absolute atomic E-state index is 15.1. The number of fused-ring (bicyclic) bond motifs is 3. The van der Waals surface area contributed by atoms with E-state index in [0.717, 1.165) is 33.7 Å². The van der Waals surface area contributed by atoms with Gasteiger partial charge in [0.1, 0.15) is 30.0 Å². The lowest BCUT2D eigenvalue weighted by molar-refractivity contribution is 0.221. The number of halogens is 1. The Bertz CT molecular complexity index is 1340. The van der Waals surface area contributed by atoms with Gasteiger partial charge in [0.15, 0.2) is 0 Å². The highest BCUT2D eigenvalue weighted by atomic mass is 19.1. The van der Waals surface area contributed by atoms with E-state index in [-0.39, 0.29) is 5.82 Å². The Hall–Kier alpha value is -3.93. The molecule has 2 aliphatic heterocycles. The van der Waals surface area contributed by atoms with Crippen molar-refractivity contribution < 1.29 is 9.13 Å². The van der Waals surface area contributed by atoms with E-state index in [0.29, 0.717) is 11.5 Å². The highest BCUT2D eigenvalue weighted by Crippen LogP contribution is 2.51. The summed E-state index contributed by atoms with van der Waals surface area (Å²) in [5.41, 5.74) is 5.41. The van der Waals surface area contributed by atoms with Crippen molar-refractivity contribution in [2.75, 3.05) is 5.32 Å². The van der Waals surface area contributed by atoms with Crippen LogP contribution in [0.3, 0.4) is 0 Å². The first-order valence-electron chi connectivity index (χ1n) is 10.2. The van der Waals surface area contributed by atoms with Gasteiger partial charge in [-0.3, -0.25) is 0 Å². The summed E-state index contributed by atoms with van der Waals surface area (Å²) in [5.74, 6) is 1.07. The largest absolute Gasteiger partial charge is 0.480 e. The molecule has 6 heteroatoms. The quantitative estimate of drug-likeness (QED) is 0.488. The van der Waals surface area contributed by atoms with Crippen molar-refractivity contribution in [2.45, 2.75) is 19.1 Å². The Morgan fingerprint density at radius 2 is 1.68 bits per heavy atom. The highest BCUT2D eigenvalue weighted by molar-refractivity contribution is 5.85. The van der Waals surface area contributed by atoms with Crippen LogP contribution in [-0.2, 0) is 0 Å². The summed E-state index contributed by atoms with van der Waals surface area (Å²) >= 11 is 0. The molecule has 1 aromatic heterocycles. The number of aryl methyl sites for hydroxylation is 1. The van der Waals surface area contributed by atoms with E-state index in [1.807, 2.05) is 42.5 Å². The minimum absolute atomic E-state index is 0.287. The molecular weight excluding hydrogens is 391 g/mol. The van der Waals surface area contributed by atoms with E-state index < -0.39 is 12.1 Å². The van der Waals surface area contributed by atoms with Gasteiger partial charge in [0.25, 0.3) is 0 Å². The van der Waals surface area contributed by atoms with Crippen LogP contribution in [0.1, 0.15) is 34.4 Å². The molecule has 1 N–H and O–H groups in total. The second-order valence-corrected chi connectivity index (χ2v) is 7.76. The number of nitrogens with one attached hydrogen (secondary N) is 1. The second kappa shape index (κ2) is 6.80. The topological polar surface area (TPSA) is 52.0 Å². The maximum atomic E-state index is 15.1. The van der Waals surface area contributed by atoms with E-state index in [1.165, 1.54) is 12.4 Å². The lowest BCUT2D eigenvalue weighted by Crippen LogP contribution is -2.33. The predicted molar refractivity (Wildman–Crippen MR) is 116 cm³/mol. The van der Waals surface area contributed by atoms with Gasteiger partial charge in [0, 0.05) is 16.7 Å². The molecule has 3 heterocycles. The van der Waals surface area contributed by atoms with Crippen LogP contribution >= 0.6 is 0 Å². The third-order valence-corrected chi connectivity index (χ3v) is 5.99. The molecule has 6 rings (SSSR count). The Morgan fingerprint density at radius 3 is 2.52 bits per heavy atom. The number of para-hydroxylation sites is 1. The van der Waals surface area contributed by atoms with Crippen LogP contribution in [0.4, 0.5) is 10.3 Å². The first-order chi connectivity index (χ1) is 15.2. The zero-order valence-electron chi connectivity index (χ0n) is 16.8. The molecule has 0 radical (unpaired) electrons. The fraction of sp³-hybridized carbons (Fsp3) is 0.120. The third-order valence-electron chi connectivity index (χ3n) is 5.99. The van der Waals surface area contributed by atoms with Crippen molar-refractivity contribution in [1.29, 1.82) is 0 Å². The molecular formula is C25H19FN4O. The smallest absolute Gasteiger partial charge is 0.226 e. The number of ether oxygens (including phenoxy) is 1. The van der Waals surface area contributed by atoms with Gasteiger partial charge in [-0.05, 0) is 36.2 Å². The van der Waals surface area contributed by atoms with Crippen LogP contribution in [0.5, 0.6) is 5.75 Å². The summed E-state index contributed by atoms with van der Waals surface area (Å²) in [6.07, 6.45) is 1.09. The number of benzene rings is 3. The summed E-state index contributed by atoms with van der Waals surface area (Å²) in [5, 5.41) is 7.88. The maximum Gasteiger partial charge on any atom is 0.226 e. The van der Waals surface area contributed by atoms with E-state index in [1.54, 1.807) is 16.8 Å². The van der Waals surface area contributed by atoms with E-state index in [2.05, 4.69) is 34.5 Å². The lowest BCUT2D eigenvalue weighted by Gasteiger charge is -2.39. The molecule has 0 saturated carbocycles. The standard InChI is InChI=1S/C25H19FN4O/c1-15-8-2-3-9-16(15)24-21-22(18-11-5-7-13-20(18)31-24)29-25-27-14-28-30(25)23(21)17-10-4-6-12-19(17)26/h2-14,23-24H,1H3,(H,27,28,29)/t23-,24-/m0/s1. The Morgan fingerprint density at radius 1 is 0.935 bits per heavy atom. The molecule has 5 nitrogen and oxygen atoms in total. The number of hydrogen-bond donors (Lipinski definition) is 1. The SMILES string of the molecule is Cc1ccccc1[C@@H]1Oc2ccccc2C2=C1[C@H](c1ccccc1F)n1ncnc1N2. The molecule has 0 unspecified atom stereocenters. The van der Waals surface area contributed by atoms with Crippen LogP contribution in [0, 0.1) is 12.7 Å². The second-order valence-electron chi connectivity index (χ2n) is 7.76. The molecule has 0 amide bonds. The van der Waals surface area contributed by atoms with Gasteiger partial charge < -0.3 is 10.1 Å². The summed E-state index contributed by atoms with van der Waals surface area (Å²) in [6.45, 7) is 2.06. The van der Waals surface area contributed by atoms with Crippen LogP contribution in [0.15, 0.2) is 84.7 Å². The van der Waals surface area contributed by atoms with Gasteiger partial charge in [-0.15, -0.1) is 0 Å². The first-order valence-corrected chi connectivity index (χ1v) is 10.2. The zero-order chi connectivity index (χ0) is 20.9. The molecule has 0 spiro atoms. The van der Waals surface area contributed by atoms with Crippen molar-refractivity contribution in [1.82, 2.24) is 14.8 Å². The summed E-state index contributed by atoms with van der Waals surface area (Å²) in [4.78, 5) is 4.38. The minimum atomic E-state index is -0.493. The Kier molecular flexibility index (Phi) is 3.93. The van der Waals surface area contributed by atoms with E-state index in [4.69, 9.17) is 4.74 Å². The van der Waals surface area contributed by atoms with Crippen molar-refractivity contribution in [3.8, 4) is 5.75 Å². The summed E-state index contributed by atoms with van der Waals surface area (Å²) in [7, 11) is 0. The monoisotopic (exact) mass is 410 g/mol. The van der Waals surface area contributed by atoms with Crippen molar-refractivity contribution in [3.05, 3.63) is 113 Å². The number of rotatable bonds is 2. The number of anilines is 1. The van der Waals surface area contributed by atoms with E-state index in [9.17, 15) is 0 Å². The first kappa shape index (κ1) is 17.9.